The molecule has 30 heavy (non-hydrogen) atoms. The maximum atomic E-state index is 13.4. The topological polar surface area (TPSA) is 75.7 Å². The van der Waals surface area contributed by atoms with Gasteiger partial charge in [0.25, 0.3) is 5.91 Å². The number of thiophene rings is 1. The van der Waals surface area contributed by atoms with Crippen LogP contribution in [-0.2, 0) is 23.1 Å². The molecule has 0 aliphatic rings. The predicted molar refractivity (Wildman–Crippen MR) is 118 cm³/mol. The molecule has 1 heterocycles. The van der Waals surface area contributed by atoms with Crippen LogP contribution in [0.3, 0.4) is 0 Å². The van der Waals surface area contributed by atoms with Crippen molar-refractivity contribution in [3.63, 3.8) is 0 Å². The molecule has 0 atom stereocenters. The van der Waals surface area contributed by atoms with Gasteiger partial charge in [0.15, 0.2) is 0 Å². The van der Waals surface area contributed by atoms with Gasteiger partial charge >= 0.3 is 0 Å². The molecule has 2 aromatic carbocycles. The van der Waals surface area contributed by atoms with Crippen LogP contribution in [0.1, 0.15) is 27.7 Å². The first-order valence-corrected chi connectivity index (χ1v) is 11.8. The Morgan fingerprint density at radius 3 is 2.50 bits per heavy atom. The molecule has 0 fully saturated rings. The largest absolute Gasteiger partial charge is 0.495 e. The number of benzene rings is 2. The fourth-order valence-corrected chi connectivity index (χ4v) is 5.26. The molecule has 1 N–H and O–H groups in total. The van der Waals surface area contributed by atoms with Crippen LogP contribution in [0.25, 0.3) is 0 Å². The van der Waals surface area contributed by atoms with Crippen LogP contribution in [0.15, 0.2) is 70.9 Å². The molecule has 1 amide bonds. The molecule has 0 radical (unpaired) electrons. The number of ether oxygens (including phenoxy) is 1. The normalized spacial score (nSPS) is 11.4. The van der Waals surface area contributed by atoms with Crippen LogP contribution < -0.4 is 10.1 Å². The summed E-state index contributed by atoms with van der Waals surface area (Å²) in [5, 5.41) is 4.76. The number of hydrogen-bond acceptors (Lipinski definition) is 5. The van der Waals surface area contributed by atoms with E-state index in [1.54, 1.807) is 24.3 Å². The molecular weight excluding hydrogens is 420 g/mol. The number of carbonyl (C=O) groups excluding carboxylic acids is 1. The van der Waals surface area contributed by atoms with E-state index < -0.39 is 10.0 Å². The molecule has 0 aliphatic carbocycles. The average Bonchev–Trinajstić information content (AvgIpc) is 3.29. The summed E-state index contributed by atoms with van der Waals surface area (Å²) in [5.41, 5.74) is 1.15. The maximum absolute atomic E-state index is 13.4. The lowest BCUT2D eigenvalue weighted by Crippen LogP contribution is -2.31. The highest BCUT2D eigenvalue weighted by Crippen LogP contribution is 2.29. The van der Waals surface area contributed by atoms with Gasteiger partial charge < -0.3 is 10.1 Å². The van der Waals surface area contributed by atoms with E-state index in [2.05, 4.69) is 5.32 Å². The summed E-state index contributed by atoms with van der Waals surface area (Å²) in [6.07, 6.45) is 0. The van der Waals surface area contributed by atoms with Crippen molar-refractivity contribution in [2.75, 3.05) is 13.7 Å². The molecule has 0 saturated carbocycles. The Labute approximate surface area is 181 Å². The minimum Gasteiger partial charge on any atom is -0.495 e. The minimum atomic E-state index is -3.88. The fourth-order valence-electron chi connectivity index (χ4n) is 3.00. The van der Waals surface area contributed by atoms with Crippen molar-refractivity contribution in [2.45, 2.75) is 24.9 Å². The number of rotatable bonds is 9. The second-order valence-electron chi connectivity index (χ2n) is 6.54. The standard InChI is InChI=1S/C22H24N2O4S2/c1-3-24(16-17-8-5-4-6-9-17)30(26,27)21-14-18(11-12-20(21)28-2)22(25)23-15-19-10-7-13-29-19/h4-14H,3,15-16H2,1-2H3,(H,23,25). The quantitative estimate of drug-likeness (QED) is 0.543. The number of sulfonamides is 1. The highest BCUT2D eigenvalue weighted by atomic mass is 32.2. The highest BCUT2D eigenvalue weighted by molar-refractivity contribution is 7.89. The number of carbonyl (C=O) groups is 1. The van der Waals surface area contributed by atoms with Gasteiger partial charge in [0.2, 0.25) is 10.0 Å². The van der Waals surface area contributed by atoms with Gasteiger partial charge in [0, 0.05) is 23.5 Å². The number of methoxy groups -OCH3 is 1. The van der Waals surface area contributed by atoms with E-state index in [1.165, 1.54) is 23.5 Å². The molecule has 0 saturated heterocycles. The molecule has 6 nitrogen and oxygen atoms in total. The summed E-state index contributed by atoms with van der Waals surface area (Å²) in [4.78, 5) is 13.6. The number of nitrogens with zero attached hydrogens (tertiary/aromatic N) is 1. The van der Waals surface area contributed by atoms with E-state index in [4.69, 9.17) is 4.74 Å². The number of hydrogen-bond donors (Lipinski definition) is 1. The van der Waals surface area contributed by atoms with E-state index in [0.29, 0.717) is 6.54 Å². The van der Waals surface area contributed by atoms with Crippen LogP contribution in [0.2, 0.25) is 0 Å². The van der Waals surface area contributed by atoms with Crippen LogP contribution in [-0.4, -0.2) is 32.3 Å². The van der Waals surface area contributed by atoms with Gasteiger partial charge in [0.1, 0.15) is 10.6 Å². The second kappa shape index (κ2) is 9.88. The first-order chi connectivity index (χ1) is 14.5. The number of nitrogens with one attached hydrogen (secondary N) is 1. The van der Waals surface area contributed by atoms with Gasteiger partial charge in [0.05, 0.1) is 13.7 Å². The SMILES string of the molecule is CCN(Cc1ccccc1)S(=O)(=O)c1cc(C(=O)NCc2cccs2)ccc1OC. The molecule has 0 bridgehead atoms. The predicted octanol–water partition coefficient (Wildman–Crippen LogP) is 3.90. The molecule has 0 spiro atoms. The zero-order valence-corrected chi connectivity index (χ0v) is 18.5. The summed E-state index contributed by atoms with van der Waals surface area (Å²) in [6, 6.07) is 17.7. The van der Waals surface area contributed by atoms with E-state index in [-0.39, 0.29) is 35.2 Å². The fraction of sp³-hybridized carbons (Fsp3) is 0.227. The minimum absolute atomic E-state index is 0.0217. The number of amides is 1. The lowest BCUT2D eigenvalue weighted by molar-refractivity contribution is 0.0951. The van der Waals surface area contributed by atoms with Crippen molar-refractivity contribution in [1.82, 2.24) is 9.62 Å². The van der Waals surface area contributed by atoms with E-state index in [9.17, 15) is 13.2 Å². The third kappa shape index (κ3) is 5.08. The molecule has 1 aromatic heterocycles. The average molecular weight is 445 g/mol. The molecular formula is C22H24N2O4S2. The van der Waals surface area contributed by atoms with Gasteiger partial charge in [-0.1, -0.05) is 43.3 Å². The summed E-state index contributed by atoms with van der Waals surface area (Å²) < 4.78 is 33.4. The molecule has 0 aliphatic heterocycles. The Kier molecular flexibility index (Phi) is 7.25. The van der Waals surface area contributed by atoms with Crippen LogP contribution in [0.4, 0.5) is 0 Å². The zero-order chi connectivity index (χ0) is 21.6. The first kappa shape index (κ1) is 22.0. The molecule has 158 valence electrons. The smallest absolute Gasteiger partial charge is 0.251 e. The molecule has 3 aromatic rings. The van der Waals surface area contributed by atoms with Gasteiger partial charge in [-0.15, -0.1) is 11.3 Å². The van der Waals surface area contributed by atoms with E-state index in [0.717, 1.165) is 10.4 Å². The Bertz CT molecular complexity index is 1080. The molecule has 3 rings (SSSR count). The Hall–Kier alpha value is -2.68. The summed E-state index contributed by atoms with van der Waals surface area (Å²) in [6.45, 7) is 2.69. The summed E-state index contributed by atoms with van der Waals surface area (Å²) >= 11 is 1.54. The third-order valence-electron chi connectivity index (χ3n) is 4.60. The first-order valence-electron chi connectivity index (χ1n) is 9.48. The molecule has 0 unspecified atom stereocenters. The maximum Gasteiger partial charge on any atom is 0.251 e. The zero-order valence-electron chi connectivity index (χ0n) is 16.9. The van der Waals surface area contributed by atoms with Gasteiger partial charge in [-0.2, -0.15) is 4.31 Å². The Balaban J connectivity index is 1.88. The highest BCUT2D eigenvalue weighted by Gasteiger charge is 2.28. The monoisotopic (exact) mass is 444 g/mol. The van der Waals surface area contributed by atoms with Crippen molar-refractivity contribution in [2.24, 2.45) is 0 Å². The van der Waals surface area contributed by atoms with Crippen LogP contribution in [0.5, 0.6) is 5.75 Å². The van der Waals surface area contributed by atoms with Gasteiger partial charge in [-0.3, -0.25) is 4.79 Å². The van der Waals surface area contributed by atoms with Gasteiger partial charge in [-0.05, 0) is 35.2 Å². The van der Waals surface area contributed by atoms with Crippen molar-refractivity contribution in [1.29, 1.82) is 0 Å². The summed E-state index contributed by atoms with van der Waals surface area (Å²) in [7, 11) is -2.46. The lowest BCUT2D eigenvalue weighted by atomic mass is 10.2. The van der Waals surface area contributed by atoms with Crippen molar-refractivity contribution in [3.05, 3.63) is 82.0 Å². The van der Waals surface area contributed by atoms with E-state index >= 15 is 0 Å². The lowest BCUT2D eigenvalue weighted by Gasteiger charge is -2.22. The molecule has 8 heteroatoms. The van der Waals surface area contributed by atoms with E-state index in [1.807, 2.05) is 47.8 Å². The van der Waals surface area contributed by atoms with Crippen LogP contribution >= 0.6 is 11.3 Å². The third-order valence-corrected chi connectivity index (χ3v) is 7.42. The van der Waals surface area contributed by atoms with Gasteiger partial charge in [-0.25, -0.2) is 8.42 Å². The van der Waals surface area contributed by atoms with Crippen LogP contribution in [0, 0.1) is 0 Å². The van der Waals surface area contributed by atoms with Crippen molar-refractivity contribution < 1.29 is 17.9 Å². The summed E-state index contributed by atoms with van der Waals surface area (Å²) in [5.74, 6) is -0.134. The second-order valence-corrected chi connectivity index (χ2v) is 9.48. The van der Waals surface area contributed by atoms with Crippen molar-refractivity contribution >= 4 is 27.3 Å². The Morgan fingerprint density at radius 2 is 1.87 bits per heavy atom. The Morgan fingerprint density at radius 1 is 1.10 bits per heavy atom. The van der Waals surface area contributed by atoms with Crippen molar-refractivity contribution in [3.8, 4) is 5.75 Å².